The average Bonchev–Trinajstić information content (AvgIpc) is 2.70. The van der Waals surface area contributed by atoms with Crippen molar-refractivity contribution in [1.82, 2.24) is 9.97 Å². The van der Waals surface area contributed by atoms with Crippen LogP contribution in [-0.2, 0) is 11.2 Å². The van der Waals surface area contributed by atoms with Crippen LogP contribution in [0.2, 0.25) is 0 Å². The maximum Gasteiger partial charge on any atom is 0.127 e. The van der Waals surface area contributed by atoms with Crippen LogP contribution in [0.3, 0.4) is 0 Å². The van der Waals surface area contributed by atoms with E-state index in [1.165, 1.54) is 11.1 Å². The molecular formula is C22H24N2O2S. The van der Waals surface area contributed by atoms with Gasteiger partial charge in [-0.2, -0.15) is 0 Å². The fraction of sp³-hybridized carbons (Fsp3) is 0.364. The van der Waals surface area contributed by atoms with Crippen LogP contribution in [0, 0.1) is 6.92 Å². The Hall–Kier alpha value is -1.95. The first kappa shape index (κ1) is 18.4. The molecule has 2 atom stereocenters. The molecule has 4 nitrogen and oxygen atoms in total. The summed E-state index contributed by atoms with van der Waals surface area (Å²) in [7, 11) is 0. The highest BCUT2D eigenvalue weighted by Gasteiger charge is 2.21. The normalized spacial score (nSPS) is 17.6. The van der Waals surface area contributed by atoms with Gasteiger partial charge >= 0.3 is 0 Å². The summed E-state index contributed by atoms with van der Waals surface area (Å²) < 4.78 is 6.07. The van der Waals surface area contributed by atoms with Gasteiger partial charge in [0.05, 0.1) is 24.3 Å². The number of hydrogen-bond donors (Lipinski definition) is 1. The molecule has 0 saturated heterocycles. The van der Waals surface area contributed by atoms with E-state index < -0.39 is 6.10 Å². The number of aliphatic hydroxyl groups excluding tert-OH is 1. The van der Waals surface area contributed by atoms with Crippen molar-refractivity contribution in [2.45, 2.75) is 43.4 Å². The van der Waals surface area contributed by atoms with Gasteiger partial charge in [-0.25, -0.2) is 9.97 Å². The third kappa shape index (κ3) is 4.32. The minimum Gasteiger partial charge on any atom is -0.390 e. The van der Waals surface area contributed by atoms with Gasteiger partial charge in [-0.1, -0.05) is 42.5 Å². The molecule has 0 radical (unpaired) electrons. The van der Waals surface area contributed by atoms with Gasteiger partial charge < -0.3 is 9.84 Å². The summed E-state index contributed by atoms with van der Waals surface area (Å²) in [6, 6.07) is 16.5. The standard InChI is InChI=1S/C22H24N2O2S/c1-15-23-20-11-5-4-10-19(20)22(24-15)27-14-17(25)13-26-21-12-6-8-16-7-2-3-9-18(16)21/h2-5,7,9-11,17,21,25H,6,8,12-14H2,1H3/t17-,21-/m0/s1. The third-order valence-electron chi connectivity index (χ3n) is 4.90. The Bertz CT molecular complexity index is 931. The number of hydrogen-bond acceptors (Lipinski definition) is 5. The van der Waals surface area contributed by atoms with Crippen LogP contribution in [0.15, 0.2) is 53.6 Å². The maximum atomic E-state index is 10.4. The Morgan fingerprint density at radius 3 is 2.89 bits per heavy atom. The van der Waals surface area contributed by atoms with Crippen molar-refractivity contribution in [2.75, 3.05) is 12.4 Å². The Morgan fingerprint density at radius 1 is 1.15 bits per heavy atom. The van der Waals surface area contributed by atoms with E-state index in [0.717, 1.165) is 41.0 Å². The SMILES string of the molecule is Cc1nc(SC[C@@H](O)CO[C@H]2CCCc3ccccc32)c2ccccc2n1. The largest absolute Gasteiger partial charge is 0.390 e. The number of ether oxygens (including phenoxy) is 1. The number of aliphatic hydroxyl groups is 1. The van der Waals surface area contributed by atoms with Crippen molar-refractivity contribution < 1.29 is 9.84 Å². The fourth-order valence-electron chi connectivity index (χ4n) is 3.60. The molecule has 0 amide bonds. The molecule has 140 valence electrons. The molecule has 0 aliphatic heterocycles. The Balaban J connectivity index is 1.37. The van der Waals surface area contributed by atoms with Crippen molar-refractivity contribution in [3.63, 3.8) is 0 Å². The van der Waals surface area contributed by atoms with Crippen LogP contribution in [0.4, 0.5) is 0 Å². The number of thioether (sulfide) groups is 1. The molecule has 0 spiro atoms. The Labute approximate surface area is 164 Å². The van der Waals surface area contributed by atoms with Gasteiger partial charge in [-0.3, -0.25) is 0 Å². The minimum atomic E-state index is -0.530. The first-order chi connectivity index (χ1) is 13.2. The molecule has 1 aromatic heterocycles. The van der Waals surface area contributed by atoms with Crippen molar-refractivity contribution >= 4 is 22.7 Å². The Kier molecular flexibility index (Phi) is 5.72. The molecule has 0 saturated carbocycles. The Morgan fingerprint density at radius 2 is 1.96 bits per heavy atom. The van der Waals surface area contributed by atoms with Crippen LogP contribution in [0.25, 0.3) is 10.9 Å². The van der Waals surface area contributed by atoms with Crippen LogP contribution in [-0.4, -0.2) is 33.5 Å². The molecule has 2 aromatic carbocycles. The van der Waals surface area contributed by atoms with Crippen LogP contribution >= 0.6 is 11.8 Å². The van der Waals surface area contributed by atoms with Crippen molar-refractivity contribution in [3.8, 4) is 0 Å². The van der Waals surface area contributed by atoms with Crippen LogP contribution < -0.4 is 0 Å². The predicted molar refractivity (Wildman–Crippen MR) is 109 cm³/mol. The summed E-state index contributed by atoms with van der Waals surface area (Å²) in [6.07, 6.45) is 2.84. The summed E-state index contributed by atoms with van der Waals surface area (Å²) in [5.74, 6) is 1.30. The highest BCUT2D eigenvalue weighted by atomic mass is 32.2. The van der Waals surface area contributed by atoms with E-state index in [9.17, 15) is 5.11 Å². The van der Waals surface area contributed by atoms with E-state index in [0.29, 0.717) is 12.4 Å². The van der Waals surface area contributed by atoms with E-state index in [4.69, 9.17) is 4.74 Å². The molecule has 1 aliphatic rings. The molecule has 5 heteroatoms. The lowest BCUT2D eigenvalue weighted by atomic mass is 9.89. The maximum absolute atomic E-state index is 10.4. The summed E-state index contributed by atoms with van der Waals surface area (Å²) in [4.78, 5) is 9.02. The molecule has 0 bridgehead atoms. The van der Waals surface area contributed by atoms with Gasteiger partial charge in [0.15, 0.2) is 0 Å². The van der Waals surface area contributed by atoms with E-state index in [-0.39, 0.29) is 6.10 Å². The number of rotatable bonds is 6. The minimum absolute atomic E-state index is 0.0942. The van der Waals surface area contributed by atoms with Gasteiger partial charge in [-0.05, 0) is 43.4 Å². The quantitative estimate of drug-likeness (QED) is 0.504. The second-order valence-electron chi connectivity index (χ2n) is 6.97. The lowest BCUT2D eigenvalue weighted by Gasteiger charge is -2.26. The molecule has 27 heavy (non-hydrogen) atoms. The second-order valence-corrected chi connectivity index (χ2v) is 7.98. The van der Waals surface area contributed by atoms with E-state index in [2.05, 4.69) is 34.2 Å². The predicted octanol–water partition coefficient (Wildman–Crippen LogP) is 4.49. The number of nitrogens with zero attached hydrogens (tertiary/aromatic N) is 2. The molecule has 0 fully saturated rings. The van der Waals surface area contributed by atoms with Crippen molar-refractivity contribution in [2.24, 2.45) is 0 Å². The summed E-state index contributed by atoms with van der Waals surface area (Å²) in [5.41, 5.74) is 3.60. The zero-order chi connectivity index (χ0) is 18.6. The average molecular weight is 381 g/mol. The number of aryl methyl sites for hydroxylation is 2. The lowest BCUT2D eigenvalue weighted by molar-refractivity contribution is -0.00959. The van der Waals surface area contributed by atoms with E-state index >= 15 is 0 Å². The molecule has 4 rings (SSSR count). The first-order valence-corrected chi connectivity index (χ1v) is 10.4. The third-order valence-corrected chi connectivity index (χ3v) is 6.03. The zero-order valence-electron chi connectivity index (χ0n) is 15.5. The summed E-state index contributed by atoms with van der Waals surface area (Å²) >= 11 is 1.56. The molecule has 1 heterocycles. The number of fused-ring (bicyclic) bond motifs is 2. The molecule has 1 aliphatic carbocycles. The van der Waals surface area contributed by atoms with Gasteiger partial charge in [0.2, 0.25) is 0 Å². The number of benzene rings is 2. The van der Waals surface area contributed by atoms with Gasteiger partial charge in [0.25, 0.3) is 0 Å². The number of aromatic nitrogens is 2. The van der Waals surface area contributed by atoms with Crippen molar-refractivity contribution in [3.05, 3.63) is 65.5 Å². The molecule has 3 aromatic rings. The highest BCUT2D eigenvalue weighted by molar-refractivity contribution is 7.99. The number of para-hydroxylation sites is 1. The summed E-state index contributed by atoms with van der Waals surface area (Å²) in [5, 5.41) is 12.4. The van der Waals surface area contributed by atoms with Gasteiger partial charge in [-0.15, -0.1) is 11.8 Å². The smallest absolute Gasteiger partial charge is 0.127 e. The van der Waals surface area contributed by atoms with Gasteiger partial charge in [0, 0.05) is 11.1 Å². The highest BCUT2D eigenvalue weighted by Crippen LogP contribution is 2.32. The molecule has 0 unspecified atom stereocenters. The first-order valence-electron chi connectivity index (χ1n) is 9.44. The second kappa shape index (κ2) is 8.38. The van der Waals surface area contributed by atoms with E-state index in [1.807, 2.05) is 31.2 Å². The fourth-order valence-corrected chi connectivity index (χ4v) is 4.57. The van der Waals surface area contributed by atoms with Crippen LogP contribution in [0.1, 0.15) is 35.9 Å². The molecule has 1 N–H and O–H groups in total. The van der Waals surface area contributed by atoms with Crippen molar-refractivity contribution in [1.29, 1.82) is 0 Å². The topological polar surface area (TPSA) is 55.2 Å². The van der Waals surface area contributed by atoms with Gasteiger partial charge in [0.1, 0.15) is 10.9 Å². The summed E-state index contributed by atoms with van der Waals surface area (Å²) in [6.45, 7) is 2.24. The molecular weight excluding hydrogens is 356 g/mol. The van der Waals surface area contributed by atoms with E-state index in [1.54, 1.807) is 11.8 Å². The van der Waals surface area contributed by atoms with Crippen LogP contribution in [0.5, 0.6) is 0 Å². The zero-order valence-corrected chi connectivity index (χ0v) is 16.3. The monoisotopic (exact) mass is 380 g/mol. The lowest BCUT2D eigenvalue weighted by Crippen LogP contribution is -2.22.